The smallest absolute Gasteiger partial charge is 0.123 e. The molecule has 2 rings (SSSR count). The van der Waals surface area contributed by atoms with E-state index in [1.54, 1.807) is 0 Å². The summed E-state index contributed by atoms with van der Waals surface area (Å²) < 4.78 is 0. The molecule has 1 aliphatic rings. The molecule has 0 saturated carbocycles. The molecule has 19 heavy (non-hydrogen) atoms. The summed E-state index contributed by atoms with van der Waals surface area (Å²) >= 11 is 0. The van der Waals surface area contributed by atoms with Gasteiger partial charge in [0.15, 0.2) is 0 Å². The highest BCUT2D eigenvalue weighted by Crippen LogP contribution is 2.27. The molecular formula is C15H24N4. The zero-order valence-corrected chi connectivity index (χ0v) is 12.3. The molecule has 1 aliphatic heterocycles. The van der Waals surface area contributed by atoms with Gasteiger partial charge in [0.1, 0.15) is 5.84 Å². The molecule has 1 fully saturated rings. The maximum atomic E-state index is 7.53. The molecule has 0 aliphatic carbocycles. The zero-order valence-electron chi connectivity index (χ0n) is 12.3. The van der Waals surface area contributed by atoms with Gasteiger partial charge in [-0.05, 0) is 50.7 Å². The van der Waals surface area contributed by atoms with Crippen LogP contribution in [-0.2, 0) is 0 Å². The van der Waals surface area contributed by atoms with Crippen LogP contribution >= 0.6 is 0 Å². The van der Waals surface area contributed by atoms with Gasteiger partial charge in [0.25, 0.3) is 0 Å². The van der Waals surface area contributed by atoms with E-state index < -0.39 is 0 Å². The van der Waals surface area contributed by atoms with Crippen molar-refractivity contribution in [2.75, 3.05) is 32.1 Å². The highest BCUT2D eigenvalue weighted by atomic mass is 15.2. The third-order valence-electron chi connectivity index (χ3n) is 4.10. The van der Waals surface area contributed by atoms with E-state index in [2.05, 4.69) is 43.0 Å². The van der Waals surface area contributed by atoms with Crippen LogP contribution in [0.25, 0.3) is 0 Å². The second-order valence-corrected chi connectivity index (χ2v) is 5.83. The summed E-state index contributed by atoms with van der Waals surface area (Å²) in [6, 6.07) is 6.78. The Morgan fingerprint density at radius 2 is 2.05 bits per heavy atom. The number of hydrogen-bond donors (Lipinski definition) is 2. The molecular weight excluding hydrogens is 236 g/mol. The Labute approximate surface area is 115 Å². The number of amidine groups is 1. The maximum absolute atomic E-state index is 7.53. The van der Waals surface area contributed by atoms with Crippen molar-refractivity contribution >= 4 is 11.5 Å². The lowest BCUT2D eigenvalue weighted by molar-refractivity contribution is 0.266. The van der Waals surface area contributed by atoms with Gasteiger partial charge in [-0.25, -0.2) is 0 Å². The van der Waals surface area contributed by atoms with Crippen LogP contribution in [-0.4, -0.2) is 44.0 Å². The minimum absolute atomic E-state index is 0.144. The molecule has 1 heterocycles. The molecule has 0 amide bonds. The quantitative estimate of drug-likeness (QED) is 0.642. The molecule has 2 unspecified atom stereocenters. The molecule has 0 aromatic heterocycles. The SMILES string of the molecule is Cc1cc(N2CC(C)C(N(C)C)C2)ccc1C(=N)N. The van der Waals surface area contributed by atoms with Crippen LogP contribution in [0, 0.1) is 18.3 Å². The van der Waals surface area contributed by atoms with Crippen molar-refractivity contribution in [2.24, 2.45) is 11.7 Å². The number of nitrogens with one attached hydrogen (secondary N) is 1. The second kappa shape index (κ2) is 5.21. The van der Waals surface area contributed by atoms with Gasteiger partial charge in [0, 0.05) is 30.4 Å². The van der Waals surface area contributed by atoms with Crippen molar-refractivity contribution in [1.82, 2.24) is 4.90 Å². The zero-order chi connectivity index (χ0) is 14.2. The Bertz CT molecular complexity index is 481. The molecule has 3 N–H and O–H groups in total. The molecule has 0 spiro atoms. The lowest BCUT2D eigenvalue weighted by Crippen LogP contribution is -2.34. The predicted octanol–water partition coefficient (Wildman–Crippen LogP) is 1.67. The summed E-state index contributed by atoms with van der Waals surface area (Å²) in [5, 5.41) is 7.53. The number of benzene rings is 1. The molecule has 2 atom stereocenters. The Morgan fingerprint density at radius 1 is 1.37 bits per heavy atom. The van der Waals surface area contributed by atoms with Gasteiger partial charge in [-0.3, -0.25) is 5.41 Å². The van der Waals surface area contributed by atoms with E-state index in [1.165, 1.54) is 5.69 Å². The van der Waals surface area contributed by atoms with Gasteiger partial charge in [0.05, 0.1) is 0 Å². The summed E-state index contributed by atoms with van der Waals surface area (Å²) in [5.41, 5.74) is 8.71. The van der Waals surface area contributed by atoms with Crippen molar-refractivity contribution < 1.29 is 0 Å². The average molecular weight is 260 g/mol. The van der Waals surface area contributed by atoms with E-state index in [-0.39, 0.29) is 5.84 Å². The minimum Gasteiger partial charge on any atom is -0.384 e. The van der Waals surface area contributed by atoms with Crippen molar-refractivity contribution in [1.29, 1.82) is 5.41 Å². The van der Waals surface area contributed by atoms with E-state index in [9.17, 15) is 0 Å². The largest absolute Gasteiger partial charge is 0.384 e. The van der Waals surface area contributed by atoms with E-state index in [1.807, 2.05) is 13.0 Å². The van der Waals surface area contributed by atoms with E-state index in [4.69, 9.17) is 11.1 Å². The lowest BCUT2D eigenvalue weighted by atomic mass is 10.1. The minimum atomic E-state index is 0.144. The Morgan fingerprint density at radius 3 is 2.53 bits per heavy atom. The fourth-order valence-electron chi connectivity index (χ4n) is 2.98. The fourth-order valence-corrected chi connectivity index (χ4v) is 2.98. The van der Waals surface area contributed by atoms with Crippen LogP contribution in [0.2, 0.25) is 0 Å². The number of nitrogens with zero attached hydrogens (tertiary/aromatic N) is 2. The van der Waals surface area contributed by atoms with Gasteiger partial charge in [-0.1, -0.05) is 6.92 Å². The van der Waals surface area contributed by atoms with Crippen LogP contribution in [0.15, 0.2) is 18.2 Å². The third kappa shape index (κ3) is 2.73. The predicted molar refractivity (Wildman–Crippen MR) is 81.0 cm³/mol. The fraction of sp³-hybridized carbons (Fsp3) is 0.533. The van der Waals surface area contributed by atoms with Crippen LogP contribution in [0.3, 0.4) is 0 Å². The van der Waals surface area contributed by atoms with Gasteiger partial charge in [-0.2, -0.15) is 0 Å². The Hall–Kier alpha value is -1.55. The van der Waals surface area contributed by atoms with Crippen LogP contribution in [0.4, 0.5) is 5.69 Å². The second-order valence-electron chi connectivity index (χ2n) is 5.83. The number of nitrogens with two attached hydrogens (primary N) is 1. The van der Waals surface area contributed by atoms with Gasteiger partial charge < -0.3 is 15.5 Å². The summed E-state index contributed by atoms with van der Waals surface area (Å²) in [7, 11) is 4.30. The molecule has 4 heteroatoms. The summed E-state index contributed by atoms with van der Waals surface area (Å²) in [4.78, 5) is 4.73. The Balaban J connectivity index is 2.20. The van der Waals surface area contributed by atoms with Crippen molar-refractivity contribution in [3.05, 3.63) is 29.3 Å². The standard InChI is InChI=1S/C15H24N4/c1-10-7-12(5-6-13(10)15(16)17)19-8-11(2)14(9-19)18(3)4/h5-7,11,14H,8-9H2,1-4H3,(H3,16,17). The van der Waals surface area contributed by atoms with Gasteiger partial charge >= 0.3 is 0 Å². The first kappa shape index (κ1) is 13.9. The topological polar surface area (TPSA) is 56.4 Å². The van der Waals surface area contributed by atoms with Crippen molar-refractivity contribution in [3.63, 3.8) is 0 Å². The van der Waals surface area contributed by atoms with Crippen LogP contribution < -0.4 is 10.6 Å². The number of likely N-dealkylation sites (N-methyl/N-ethyl adjacent to an activating group) is 1. The summed E-state index contributed by atoms with van der Waals surface area (Å²) in [6.07, 6.45) is 0. The molecule has 0 radical (unpaired) electrons. The summed E-state index contributed by atoms with van der Waals surface area (Å²) in [5.74, 6) is 0.813. The van der Waals surface area contributed by atoms with Gasteiger partial charge in [-0.15, -0.1) is 0 Å². The molecule has 1 aromatic carbocycles. The number of hydrogen-bond acceptors (Lipinski definition) is 3. The summed E-state index contributed by atoms with van der Waals surface area (Å²) in [6.45, 7) is 6.47. The number of anilines is 1. The van der Waals surface area contributed by atoms with Crippen molar-refractivity contribution in [2.45, 2.75) is 19.9 Å². The molecule has 0 bridgehead atoms. The first-order valence-electron chi connectivity index (χ1n) is 6.76. The number of nitrogen functional groups attached to an aromatic ring is 1. The molecule has 4 nitrogen and oxygen atoms in total. The van der Waals surface area contributed by atoms with E-state index >= 15 is 0 Å². The van der Waals surface area contributed by atoms with Crippen LogP contribution in [0.5, 0.6) is 0 Å². The van der Waals surface area contributed by atoms with Crippen molar-refractivity contribution in [3.8, 4) is 0 Å². The van der Waals surface area contributed by atoms with Gasteiger partial charge in [0.2, 0.25) is 0 Å². The molecule has 1 saturated heterocycles. The van der Waals surface area contributed by atoms with E-state index in [0.29, 0.717) is 12.0 Å². The molecule has 104 valence electrons. The van der Waals surface area contributed by atoms with Crippen LogP contribution in [0.1, 0.15) is 18.1 Å². The number of rotatable bonds is 3. The number of aryl methyl sites for hydroxylation is 1. The molecule has 1 aromatic rings. The normalized spacial score (nSPS) is 23.1. The maximum Gasteiger partial charge on any atom is 0.123 e. The monoisotopic (exact) mass is 260 g/mol. The van der Waals surface area contributed by atoms with E-state index in [0.717, 1.165) is 24.2 Å². The highest BCUT2D eigenvalue weighted by molar-refractivity contribution is 5.96. The highest BCUT2D eigenvalue weighted by Gasteiger charge is 2.31. The average Bonchev–Trinajstić information content (AvgIpc) is 2.70. The lowest BCUT2D eigenvalue weighted by Gasteiger charge is -2.23. The Kier molecular flexibility index (Phi) is 3.80. The third-order valence-corrected chi connectivity index (χ3v) is 4.10. The first-order valence-corrected chi connectivity index (χ1v) is 6.76. The first-order chi connectivity index (χ1) is 8.90.